The zero-order valence-corrected chi connectivity index (χ0v) is 21.5. The maximum Gasteiger partial charge on any atom is 0.174 e. The first-order chi connectivity index (χ1) is 16.8. The monoisotopic (exact) mass is 482 g/mol. The van der Waals surface area contributed by atoms with E-state index >= 15 is 0 Å². The molecule has 4 aromatic rings. The summed E-state index contributed by atoms with van der Waals surface area (Å²) in [7, 11) is 4.09. The zero-order chi connectivity index (χ0) is 24.7. The van der Waals surface area contributed by atoms with Gasteiger partial charge in [-0.25, -0.2) is 4.98 Å². The number of aryl methyl sites for hydroxylation is 2. The molecular formula is C28H30N6S. The van der Waals surface area contributed by atoms with Crippen molar-refractivity contribution >= 4 is 28.7 Å². The third-order valence-electron chi connectivity index (χ3n) is 6.66. The number of anilines is 2. The summed E-state index contributed by atoms with van der Waals surface area (Å²) in [4.78, 5) is 13.7. The molecule has 1 aliphatic heterocycles. The highest BCUT2D eigenvalue weighted by Crippen LogP contribution is 2.43. The van der Waals surface area contributed by atoms with E-state index in [4.69, 9.17) is 17.2 Å². The van der Waals surface area contributed by atoms with Crippen molar-refractivity contribution in [2.24, 2.45) is 0 Å². The molecule has 0 saturated carbocycles. The third kappa shape index (κ3) is 4.17. The van der Waals surface area contributed by atoms with Crippen LogP contribution in [0.2, 0.25) is 0 Å². The summed E-state index contributed by atoms with van der Waals surface area (Å²) < 4.78 is 2.22. The Bertz CT molecular complexity index is 1340. The van der Waals surface area contributed by atoms with Gasteiger partial charge >= 0.3 is 0 Å². The third-order valence-corrected chi connectivity index (χ3v) is 6.97. The molecular weight excluding hydrogens is 452 g/mol. The molecule has 6 nitrogen and oxygen atoms in total. The normalized spacial score (nSPS) is 17.5. The molecule has 5 rings (SSSR count). The van der Waals surface area contributed by atoms with Crippen LogP contribution in [-0.4, -0.2) is 33.7 Å². The molecule has 2 atom stereocenters. The second-order valence-electron chi connectivity index (χ2n) is 9.26. The summed E-state index contributed by atoms with van der Waals surface area (Å²) >= 11 is 5.91. The summed E-state index contributed by atoms with van der Waals surface area (Å²) in [6, 6.07) is 20.8. The first kappa shape index (κ1) is 23.1. The van der Waals surface area contributed by atoms with E-state index in [2.05, 4.69) is 94.0 Å². The van der Waals surface area contributed by atoms with Crippen molar-refractivity contribution in [1.29, 1.82) is 0 Å². The van der Waals surface area contributed by atoms with Crippen molar-refractivity contribution in [3.05, 3.63) is 101 Å². The number of benzene rings is 1. The van der Waals surface area contributed by atoms with E-state index in [9.17, 15) is 0 Å². The van der Waals surface area contributed by atoms with Crippen LogP contribution >= 0.6 is 12.2 Å². The smallest absolute Gasteiger partial charge is 0.174 e. The van der Waals surface area contributed by atoms with Crippen molar-refractivity contribution in [3.8, 4) is 5.82 Å². The fourth-order valence-corrected chi connectivity index (χ4v) is 5.24. The van der Waals surface area contributed by atoms with Gasteiger partial charge in [-0.05, 0) is 92.6 Å². The van der Waals surface area contributed by atoms with Gasteiger partial charge in [-0.2, -0.15) is 0 Å². The summed E-state index contributed by atoms with van der Waals surface area (Å²) in [5.41, 5.74) is 7.78. The van der Waals surface area contributed by atoms with E-state index in [1.165, 1.54) is 5.56 Å². The minimum absolute atomic E-state index is 0.0620. The first-order valence-electron chi connectivity index (χ1n) is 11.7. The highest BCUT2D eigenvalue weighted by molar-refractivity contribution is 7.80. The molecule has 1 saturated heterocycles. The molecule has 7 heteroatoms. The Morgan fingerprint density at radius 3 is 2.34 bits per heavy atom. The number of aromatic nitrogens is 3. The molecule has 0 bridgehead atoms. The predicted molar refractivity (Wildman–Crippen MR) is 146 cm³/mol. The molecule has 3 aromatic heterocycles. The fraction of sp³-hybridized carbons (Fsp3) is 0.250. The number of nitrogens with one attached hydrogen (secondary N) is 1. The first-order valence-corrected chi connectivity index (χ1v) is 12.2. The lowest BCUT2D eigenvalue weighted by Crippen LogP contribution is -2.29. The summed E-state index contributed by atoms with van der Waals surface area (Å²) in [5, 5.41) is 4.26. The number of thiocarbonyl (C=S) groups is 1. The van der Waals surface area contributed by atoms with E-state index in [1.54, 1.807) is 0 Å². The van der Waals surface area contributed by atoms with Crippen LogP contribution in [0.4, 0.5) is 11.4 Å². The minimum Gasteiger partial charge on any atom is -0.378 e. The molecule has 1 aromatic carbocycles. The van der Waals surface area contributed by atoms with Crippen molar-refractivity contribution < 1.29 is 0 Å². The van der Waals surface area contributed by atoms with Gasteiger partial charge < -0.3 is 19.7 Å². The van der Waals surface area contributed by atoms with Gasteiger partial charge in [-0.15, -0.1) is 0 Å². The Hall–Kier alpha value is -3.71. The van der Waals surface area contributed by atoms with Gasteiger partial charge in [0.05, 0.1) is 17.8 Å². The lowest BCUT2D eigenvalue weighted by Gasteiger charge is -2.28. The molecule has 178 valence electrons. The number of rotatable bonds is 5. The quantitative estimate of drug-likeness (QED) is 0.383. The number of hydrogen-bond donors (Lipinski definition) is 1. The Morgan fingerprint density at radius 1 is 0.943 bits per heavy atom. The van der Waals surface area contributed by atoms with Gasteiger partial charge in [0.2, 0.25) is 0 Å². The van der Waals surface area contributed by atoms with Crippen LogP contribution in [0.25, 0.3) is 5.82 Å². The van der Waals surface area contributed by atoms with E-state index in [0.29, 0.717) is 5.11 Å². The maximum absolute atomic E-state index is 5.91. The zero-order valence-electron chi connectivity index (χ0n) is 20.7. The Balaban J connectivity index is 1.65. The Morgan fingerprint density at radius 2 is 1.71 bits per heavy atom. The van der Waals surface area contributed by atoms with Gasteiger partial charge in [-0.3, -0.25) is 4.98 Å². The topological polar surface area (TPSA) is 49.2 Å². The molecule has 1 aliphatic rings. The van der Waals surface area contributed by atoms with Crippen molar-refractivity contribution in [2.45, 2.75) is 32.9 Å². The molecule has 4 heterocycles. The van der Waals surface area contributed by atoms with E-state index in [-0.39, 0.29) is 12.1 Å². The summed E-state index contributed by atoms with van der Waals surface area (Å²) in [6.07, 6.45) is 3.75. The van der Waals surface area contributed by atoms with E-state index in [1.807, 2.05) is 38.6 Å². The highest BCUT2D eigenvalue weighted by Gasteiger charge is 2.42. The predicted octanol–water partition coefficient (Wildman–Crippen LogP) is 5.44. The average Bonchev–Trinajstić information content (AvgIpc) is 3.35. The lowest BCUT2D eigenvalue weighted by molar-refractivity contribution is 0.565. The number of pyridine rings is 2. The minimum atomic E-state index is -0.0860. The molecule has 1 N–H and O–H groups in total. The molecule has 0 amide bonds. The van der Waals surface area contributed by atoms with Gasteiger partial charge in [0.15, 0.2) is 5.11 Å². The molecule has 0 aliphatic carbocycles. The second-order valence-corrected chi connectivity index (χ2v) is 9.65. The van der Waals surface area contributed by atoms with Crippen LogP contribution in [0.5, 0.6) is 0 Å². The van der Waals surface area contributed by atoms with Crippen molar-refractivity contribution in [2.75, 3.05) is 23.9 Å². The molecule has 0 spiro atoms. The van der Waals surface area contributed by atoms with Gasteiger partial charge in [0, 0.05) is 49.3 Å². The van der Waals surface area contributed by atoms with Gasteiger partial charge in [0.1, 0.15) is 5.82 Å². The Kier molecular flexibility index (Phi) is 6.03. The van der Waals surface area contributed by atoms with E-state index in [0.717, 1.165) is 39.8 Å². The van der Waals surface area contributed by atoms with Gasteiger partial charge in [0.25, 0.3) is 0 Å². The summed E-state index contributed by atoms with van der Waals surface area (Å²) in [6.45, 7) is 6.35. The van der Waals surface area contributed by atoms with E-state index < -0.39 is 0 Å². The van der Waals surface area contributed by atoms with Crippen LogP contribution in [0.1, 0.15) is 40.3 Å². The average molecular weight is 483 g/mol. The summed E-state index contributed by atoms with van der Waals surface area (Å²) in [5.74, 6) is 0.918. The Labute approximate surface area is 212 Å². The SMILES string of the molecule is Cc1ccc(-n2c(C)cc([C@H]3[C@@H](c4ccccn4)NC(=S)N3c3ccc(N(C)C)cc3)c2C)nc1. The molecule has 1 fully saturated rings. The maximum atomic E-state index is 5.91. The number of hydrogen-bond acceptors (Lipinski definition) is 4. The second kappa shape index (κ2) is 9.15. The van der Waals surface area contributed by atoms with Crippen LogP contribution in [0, 0.1) is 20.8 Å². The van der Waals surface area contributed by atoms with Crippen LogP contribution in [-0.2, 0) is 0 Å². The molecule has 0 unspecified atom stereocenters. The van der Waals surface area contributed by atoms with Gasteiger partial charge in [-0.1, -0.05) is 12.1 Å². The van der Waals surface area contributed by atoms with Crippen LogP contribution in [0.15, 0.2) is 73.1 Å². The van der Waals surface area contributed by atoms with Crippen molar-refractivity contribution in [1.82, 2.24) is 19.9 Å². The standard InChI is InChI=1S/C28H30N6S/c1-18-9-14-25(30-17-18)33-19(2)16-23(20(33)3)27-26(24-8-6-7-15-29-24)31-28(35)34(27)22-12-10-21(11-13-22)32(4)5/h6-17,26-27H,1-5H3,(H,31,35)/t26-,27+/m1/s1. The molecule has 0 radical (unpaired) electrons. The van der Waals surface area contributed by atoms with Crippen molar-refractivity contribution in [3.63, 3.8) is 0 Å². The molecule has 35 heavy (non-hydrogen) atoms. The number of nitrogens with zero attached hydrogens (tertiary/aromatic N) is 5. The lowest BCUT2D eigenvalue weighted by atomic mass is 9.96. The van der Waals surface area contributed by atoms with Crippen LogP contribution < -0.4 is 15.1 Å². The highest BCUT2D eigenvalue weighted by atomic mass is 32.1. The fourth-order valence-electron chi connectivity index (χ4n) is 4.89. The van der Waals surface area contributed by atoms with Crippen LogP contribution in [0.3, 0.4) is 0 Å². The largest absolute Gasteiger partial charge is 0.378 e.